The molecule has 0 heterocycles. The second-order valence-electron chi connectivity index (χ2n) is 2.68. The quantitative estimate of drug-likeness (QED) is 0.420. The van der Waals surface area contributed by atoms with E-state index in [-0.39, 0.29) is 0 Å². The summed E-state index contributed by atoms with van der Waals surface area (Å²) < 4.78 is 14.8. The van der Waals surface area contributed by atoms with Gasteiger partial charge in [-0.15, -0.1) is 11.5 Å². The average molecular weight is 191 g/mol. The van der Waals surface area contributed by atoms with E-state index in [4.69, 9.17) is 4.89 Å². The Labute approximate surface area is 68.4 Å². The molecule has 0 fully saturated rings. The molecule has 5 heteroatoms. The number of rotatable bonds is 4. The summed E-state index contributed by atoms with van der Waals surface area (Å²) in [6.07, 6.45) is 0. The van der Waals surface area contributed by atoms with Crippen LogP contribution in [0.2, 0.25) is 13.1 Å². The van der Waals surface area contributed by atoms with Crippen LogP contribution in [0.3, 0.4) is 0 Å². The Morgan fingerprint density at radius 1 is 1.73 bits per heavy atom. The van der Waals surface area contributed by atoms with Crippen LogP contribution in [0.15, 0.2) is 24.2 Å². The van der Waals surface area contributed by atoms with Gasteiger partial charge in [0, 0.05) is 4.57 Å². The van der Waals surface area contributed by atoms with Gasteiger partial charge in [0.15, 0.2) is 8.07 Å². The SMILES string of the molecule is C=C[Si](C)(C)C(=C)O[P+](=O)O. The summed E-state index contributed by atoms with van der Waals surface area (Å²) in [6, 6.07) is 0. The number of hydrogen-bond acceptors (Lipinski definition) is 2. The molecule has 1 atom stereocenters. The van der Waals surface area contributed by atoms with Crippen molar-refractivity contribution in [2.75, 3.05) is 0 Å². The van der Waals surface area contributed by atoms with Gasteiger partial charge in [-0.1, -0.05) is 25.4 Å². The molecule has 0 amide bonds. The molecule has 1 unspecified atom stereocenters. The van der Waals surface area contributed by atoms with Gasteiger partial charge in [-0.25, -0.2) is 4.52 Å². The predicted octanol–water partition coefficient (Wildman–Crippen LogP) is 2.14. The lowest BCUT2D eigenvalue weighted by atomic mass is 11.1. The van der Waals surface area contributed by atoms with Crippen molar-refractivity contribution in [1.29, 1.82) is 0 Å². The Morgan fingerprint density at radius 2 is 2.18 bits per heavy atom. The molecule has 0 saturated carbocycles. The van der Waals surface area contributed by atoms with Crippen molar-refractivity contribution in [3.05, 3.63) is 24.2 Å². The van der Waals surface area contributed by atoms with Crippen LogP contribution in [0.4, 0.5) is 0 Å². The van der Waals surface area contributed by atoms with Crippen molar-refractivity contribution < 1.29 is 14.0 Å². The van der Waals surface area contributed by atoms with Gasteiger partial charge in [-0.3, -0.25) is 0 Å². The normalized spacial score (nSPS) is 12.1. The van der Waals surface area contributed by atoms with E-state index in [2.05, 4.69) is 17.7 Å². The average Bonchev–Trinajstić information content (AvgIpc) is 1.86. The molecular formula is C6H12O3PSi+. The largest absolute Gasteiger partial charge is 0.746 e. The van der Waals surface area contributed by atoms with Crippen molar-refractivity contribution in [1.82, 2.24) is 0 Å². The summed E-state index contributed by atoms with van der Waals surface area (Å²) in [5.41, 5.74) is 1.74. The lowest BCUT2D eigenvalue weighted by Crippen LogP contribution is -2.25. The van der Waals surface area contributed by atoms with Crippen LogP contribution < -0.4 is 0 Å². The van der Waals surface area contributed by atoms with Crippen molar-refractivity contribution in [3.8, 4) is 0 Å². The molecule has 11 heavy (non-hydrogen) atoms. The van der Waals surface area contributed by atoms with Crippen molar-refractivity contribution in [2.45, 2.75) is 13.1 Å². The zero-order valence-electron chi connectivity index (χ0n) is 6.70. The Balaban J connectivity index is 4.24. The summed E-state index contributed by atoms with van der Waals surface area (Å²) in [7, 11) is -4.41. The highest BCUT2D eigenvalue weighted by atomic mass is 31.1. The molecule has 0 aromatic carbocycles. The highest BCUT2D eigenvalue weighted by molar-refractivity contribution is 7.32. The maximum absolute atomic E-state index is 10.2. The molecule has 0 aromatic rings. The van der Waals surface area contributed by atoms with Gasteiger partial charge in [0.2, 0.25) is 0 Å². The second-order valence-corrected chi connectivity index (χ2v) is 7.75. The maximum atomic E-state index is 10.2. The van der Waals surface area contributed by atoms with E-state index in [0.29, 0.717) is 5.38 Å². The molecule has 0 aliphatic rings. The molecule has 0 aliphatic heterocycles. The first-order valence-corrected chi connectivity index (χ1v) is 7.28. The Bertz CT molecular complexity index is 200. The zero-order chi connectivity index (χ0) is 9.07. The molecule has 3 nitrogen and oxygen atoms in total. The van der Waals surface area contributed by atoms with E-state index in [9.17, 15) is 4.57 Å². The van der Waals surface area contributed by atoms with Crippen LogP contribution in [-0.4, -0.2) is 13.0 Å². The molecule has 0 radical (unpaired) electrons. The first-order chi connectivity index (χ1) is 4.90. The summed E-state index contributed by atoms with van der Waals surface area (Å²) in [6.45, 7) is 11.0. The van der Waals surface area contributed by atoms with Crippen LogP contribution in [0.1, 0.15) is 0 Å². The third kappa shape index (κ3) is 3.46. The predicted molar refractivity (Wildman–Crippen MR) is 47.7 cm³/mol. The van der Waals surface area contributed by atoms with Crippen LogP contribution in [0, 0.1) is 0 Å². The third-order valence-corrected chi connectivity index (χ3v) is 4.53. The van der Waals surface area contributed by atoms with Crippen LogP contribution in [-0.2, 0) is 9.09 Å². The summed E-state index contributed by atoms with van der Waals surface area (Å²) in [5.74, 6) is 0. The Hall–Kier alpha value is -0.443. The lowest BCUT2D eigenvalue weighted by Gasteiger charge is -2.13. The van der Waals surface area contributed by atoms with Crippen LogP contribution >= 0.6 is 8.25 Å². The fourth-order valence-corrected chi connectivity index (χ4v) is 1.92. The fraction of sp³-hybridized carbons (Fsp3) is 0.333. The molecule has 0 rings (SSSR count). The van der Waals surface area contributed by atoms with Crippen molar-refractivity contribution in [3.63, 3.8) is 0 Å². The number of hydrogen-bond donors (Lipinski definition) is 1. The fourth-order valence-electron chi connectivity index (χ4n) is 0.326. The van der Waals surface area contributed by atoms with Gasteiger partial charge >= 0.3 is 8.25 Å². The lowest BCUT2D eigenvalue weighted by molar-refractivity contribution is 0.367. The molecule has 0 bridgehead atoms. The standard InChI is InChI=1S/C6H11O3PSi/c1-5-11(3,4)6(2)9-10(7)8/h5H,1-2H2,3-4H3/p+1. The van der Waals surface area contributed by atoms with E-state index in [0.717, 1.165) is 0 Å². The topological polar surface area (TPSA) is 46.5 Å². The minimum absolute atomic E-state index is 0.385. The van der Waals surface area contributed by atoms with E-state index in [1.807, 2.05) is 13.1 Å². The highest BCUT2D eigenvalue weighted by Crippen LogP contribution is 2.26. The van der Waals surface area contributed by atoms with E-state index >= 15 is 0 Å². The van der Waals surface area contributed by atoms with Gasteiger partial charge in [0.25, 0.3) is 0 Å². The summed E-state index contributed by atoms with van der Waals surface area (Å²) in [5, 5.41) is 0.385. The van der Waals surface area contributed by atoms with Gasteiger partial charge in [-0.2, -0.15) is 0 Å². The third-order valence-electron chi connectivity index (χ3n) is 1.42. The van der Waals surface area contributed by atoms with Gasteiger partial charge in [-0.05, 0) is 0 Å². The first-order valence-electron chi connectivity index (χ1n) is 3.07. The second kappa shape index (κ2) is 3.81. The molecule has 62 valence electrons. The van der Waals surface area contributed by atoms with Crippen LogP contribution in [0.25, 0.3) is 0 Å². The molecule has 0 spiro atoms. The Kier molecular flexibility index (Phi) is 3.65. The van der Waals surface area contributed by atoms with Crippen LogP contribution in [0.5, 0.6) is 0 Å². The van der Waals surface area contributed by atoms with Crippen molar-refractivity contribution >= 4 is 16.3 Å². The molecule has 1 N–H and O–H groups in total. The Morgan fingerprint density at radius 3 is 2.45 bits per heavy atom. The summed E-state index contributed by atoms with van der Waals surface area (Å²) in [4.78, 5) is 8.40. The molecule has 0 aliphatic carbocycles. The molecular weight excluding hydrogens is 179 g/mol. The monoisotopic (exact) mass is 191 g/mol. The van der Waals surface area contributed by atoms with E-state index in [1.54, 1.807) is 5.70 Å². The minimum Gasteiger partial charge on any atom is -0.240 e. The molecule has 0 aromatic heterocycles. The van der Waals surface area contributed by atoms with Gasteiger partial charge in [0.1, 0.15) is 5.38 Å². The van der Waals surface area contributed by atoms with Gasteiger partial charge in [0.05, 0.1) is 0 Å². The molecule has 0 saturated heterocycles. The van der Waals surface area contributed by atoms with Crippen molar-refractivity contribution in [2.24, 2.45) is 0 Å². The summed E-state index contributed by atoms with van der Waals surface area (Å²) >= 11 is 0. The zero-order valence-corrected chi connectivity index (χ0v) is 8.60. The maximum Gasteiger partial charge on any atom is 0.746 e. The van der Waals surface area contributed by atoms with Gasteiger partial charge < -0.3 is 0 Å². The van der Waals surface area contributed by atoms with E-state index in [1.165, 1.54) is 0 Å². The minimum atomic E-state index is -2.57. The first kappa shape index (κ1) is 10.6. The highest BCUT2D eigenvalue weighted by Gasteiger charge is 2.29. The smallest absolute Gasteiger partial charge is 0.240 e. The van der Waals surface area contributed by atoms with E-state index < -0.39 is 16.3 Å².